The summed E-state index contributed by atoms with van der Waals surface area (Å²) in [5.74, 6) is -0.661. The maximum atomic E-state index is 12.6. The van der Waals surface area contributed by atoms with Crippen molar-refractivity contribution in [1.29, 1.82) is 0 Å². The Morgan fingerprint density at radius 2 is 1.59 bits per heavy atom. The van der Waals surface area contributed by atoms with Gasteiger partial charge < -0.3 is 16.0 Å². The molecule has 0 unspecified atom stereocenters. The molecule has 3 amide bonds. The molecule has 0 bridgehead atoms. The van der Waals surface area contributed by atoms with E-state index in [0.29, 0.717) is 0 Å². The quantitative estimate of drug-likeness (QED) is 0.702. The fourth-order valence-electron chi connectivity index (χ4n) is 2.70. The fraction of sp³-hybridized carbons (Fsp3) is 0.812. The smallest absolute Gasteiger partial charge is 0.243 e. The van der Waals surface area contributed by atoms with Crippen molar-refractivity contribution in [2.24, 2.45) is 16.7 Å². The van der Waals surface area contributed by atoms with Gasteiger partial charge in [0.1, 0.15) is 12.1 Å². The molecule has 6 nitrogen and oxygen atoms in total. The van der Waals surface area contributed by atoms with Gasteiger partial charge in [-0.15, -0.1) is 0 Å². The Morgan fingerprint density at radius 3 is 1.91 bits per heavy atom. The maximum absolute atomic E-state index is 12.6. The number of likely N-dealkylation sites (N-methyl/N-ethyl adjacent to an activating group) is 1. The van der Waals surface area contributed by atoms with Gasteiger partial charge in [0.05, 0.1) is 0 Å². The van der Waals surface area contributed by atoms with Crippen LogP contribution in [0.1, 0.15) is 48.0 Å². The Bertz CT molecular complexity index is 466. The molecule has 1 fully saturated rings. The zero-order valence-corrected chi connectivity index (χ0v) is 14.7. The summed E-state index contributed by atoms with van der Waals surface area (Å²) in [4.78, 5) is 36.1. The molecule has 0 radical (unpaired) electrons. The molecular weight excluding hydrogens is 282 g/mol. The van der Waals surface area contributed by atoms with E-state index in [2.05, 4.69) is 29.8 Å². The van der Waals surface area contributed by atoms with E-state index < -0.39 is 17.5 Å². The largest absolute Gasteiger partial charge is 0.357 e. The van der Waals surface area contributed by atoms with Crippen molar-refractivity contribution < 1.29 is 14.4 Å². The molecule has 1 saturated carbocycles. The third-order valence-corrected chi connectivity index (χ3v) is 4.29. The molecular formula is C16H29N3O3. The number of rotatable bonds is 5. The molecule has 3 N–H and O–H groups in total. The van der Waals surface area contributed by atoms with Gasteiger partial charge in [0, 0.05) is 14.0 Å². The van der Waals surface area contributed by atoms with Crippen LogP contribution < -0.4 is 16.0 Å². The van der Waals surface area contributed by atoms with Crippen LogP contribution in [-0.2, 0) is 14.4 Å². The molecule has 3 atom stereocenters. The molecule has 6 heteroatoms. The van der Waals surface area contributed by atoms with Crippen molar-refractivity contribution >= 4 is 17.7 Å². The van der Waals surface area contributed by atoms with Gasteiger partial charge in [-0.25, -0.2) is 0 Å². The van der Waals surface area contributed by atoms with E-state index in [1.807, 2.05) is 20.8 Å². The molecule has 0 aliphatic heterocycles. The van der Waals surface area contributed by atoms with Gasteiger partial charge in [-0.1, -0.05) is 34.6 Å². The van der Waals surface area contributed by atoms with Crippen LogP contribution in [0.3, 0.4) is 0 Å². The first kappa shape index (κ1) is 18.5. The van der Waals surface area contributed by atoms with Gasteiger partial charge in [-0.2, -0.15) is 0 Å². The van der Waals surface area contributed by atoms with Crippen LogP contribution in [0.4, 0.5) is 0 Å². The molecule has 0 saturated heterocycles. The lowest BCUT2D eigenvalue weighted by molar-refractivity contribution is -0.134. The summed E-state index contributed by atoms with van der Waals surface area (Å²) < 4.78 is 0. The van der Waals surface area contributed by atoms with Crippen molar-refractivity contribution in [2.45, 2.75) is 60.0 Å². The predicted octanol–water partition coefficient (Wildman–Crippen LogP) is 0.814. The standard InChI is InChI=1S/C16H29N3O3/c1-9(20)18-12(15(2,3)4)14(22)19-11(13(21)17-7)10-8-16(10,5)6/h10-12H,8H2,1-7H3,(H,17,21)(H,18,20)(H,19,22)/t10-,11+,12-/m1/s1. The minimum Gasteiger partial charge on any atom is -0.357 e. The Morgan fingerprint density at radius 1 is 1.09 bits per heavy atom. The van der Waals surface area contributed by atoms with Gasteiger partial charge >= 0.3 is 0 Å². The molecule has 0 heterocycles. The van der Waals surface area contributed by atoms with Gasteiger partial charge in [0.25, 0.3) is 0 Å². The second kappa shape index (κ2) is 6.26. The van der Waals surface area contributed by atoms with Crippen molar-refractivity contribution in [3.05, 3.63) is 0 Å². The lowest BCUT2D eigenvalue weighted by Crippen LogP contribution is -2.58. The minimum absolute atomic E-state index is 0.0513. The molecule has 0 aromatic rings. The Balaban J connectivity index is 2.89. The first-order valence-corrected chi connectivity index (χ1v) is 7.69. The first-order chi connectivity index (χ1) is 9.90. The summed E-state index contributed by atoms with van der Waals surface area (Å²) in [5, 5.41) is 8.12. The zero-order chi connectivity index (χ0) is 17.3. The maximum Gasteiger partial charge on any atom is 0.243 e. The topological polar surface area (TPSA) is 87.3 Å². The van der Waals surface area contributed by atoms with Crippen molar-refractivity contribution in [3.8, 4) is 0 Å². The molecule has 0 aromatic heterocycles. The average Bonchev–Trinajstić information content (AvgIpc) is 2.99. The van der Waals surface area contributed by atoms with Crippen LogP contribution in [0.5, 0.6) is 0 Å². The van der Waals surface area contributed by atoms with E-state index in [4.69, 9.17) is 0 Å². The highest BCUT2D eigenvalue weighted by Gasteiger charge is 2.53. The zero-order valence-electron chi connectivity index (χ0n) is 14.7. The predicted molar refractivity (Wildman–Crippen MR) is 84.9 cm³/mol. The summed E-state index contributed by atoms with van der Waals surface area (Å²) in [6, 6.07) is -1.25. The van der Waals surface area contributed by atoms with Crippen LogP contribution in [0.2, 0.25) is 0 Å². The third-order valence-electron chi connectivity index (χ3n) is 4.29. The van der Waals surface area contributed by atoms with E-state index in [9.17, 15) is 14.4 Å². The van der Waals surface area contributed by atoms with Crippen LogP contribution >= 0.6 is 0 Å². The van der Waals surface area contributed by atoms with Crippen LogP contribution in [0, 0.1) is 16.7 Å². The van der Waals surface area contributed by atoms with Crippen molar-refractivity contribution in [2.75, 3.05) is 7.05 Å². The SMILES string of the molecule is CNC(=O)[C@@H](NC(=O)[C@@H](NC(C)=O)C(C)(C)C)[C@H]1CC1(C)C. The van der Waals surface area contributed by atoms with E-state index in [1.54, 1.807) is 7.05 Å². The molecule has 1 aliphatic carbocycles. The summed E-state index contributed by atoms with van der Waals surface area (Å²) in [7, 11) is 1.56. The summed E-state index contributed by atoms with van der Waals surface area (Å²) in [6.45, 7) is 11.2. The molecule has 1 aliphatic rings. The Hall–Kier alpha value is -1.59. The second-order valence-electron chi connectivity index (χ2n) is 7.90. The van der Waals surface area contributed by atoms with Crippen LogP contribution in [0.25, 0.3) is 0 Å². The number of nitrogens with one attached hydrogen (secondary N) is 3. The number of hydrogen-bond acceptors (Lipinski definition) is 3. The van der Waals surface area contributed by atoms with Gasteiger partial charge in [-0.3, -0.25) is 14.4 Å². The average molecular weight is 311 g/mol. The van der Waals surface area contributed by atoms with Gasteiger partial charge in [0.15, 0.2) is 0 Å². The van der Waals surface area contributed by atoms with E-state index in [0.717, 1.165) is 6.42 Å². The van der Waals surface area contributed by atoms with Gasteiger partial charge in [0.2, 0.25) is 17.7 Å². The highest BCUT2D eigenvalue weighted by molar-refractivity contribution is 5.92. The third kappa shape index (κ3) is 4.45. The lowest BCUT2D eigenvalue weighted by atomic mass is 9.85. The first-order valence-electron chi connectivity index (χ1n) is 7.69. The number of carbonyl (C=O) groups excluding carboxylic acids is 3. The second-order valence-corrected chi connectivity index (χ2v) is 7.90. The molecule has 0 spiro atoms. The monoisotopic (exact) mass is 311 g/mol. The number of hydrogen-bond donors (Lipinski definition) is 3. The van der Waals surface area contributed by atoms with E-state index in [1.165, 1.54) is 6.92 Å². The highest BCUT2D eigenvalue weighted by Crippen LogP contribution is 2.53. The molecule has 0 aromatic carbocycles. The molecule has 1 rings (SSSR count). The summed E-state index contributed by atoms with van der Waals surface area (Å²) in [5.41, 5.74) is -0.391. The van der Waals surface area contributed by atoms with Crippen LogP contribution in [0.15, 0.2) is 0 Å². The summed E-state index contributed by atoms with van der Waals surface area (Å²) >= 11 is 0. The minimum atomic E-state index is -0.681. The molecule has 126 valence electrons. The Kier molecular flexibility index (Phi) is 5.25. The molecule has 22 heavy (non-hydrogen) atoms. The highest BCUT2D eigenvalue weighted by atomic mass is 16.2. The van der Waals surface area contributed by atoms with Crippen molar-refractivity contribution in [1.82, 2.24) is 16.0 Å². The lowest BCUT2D eigenvalue weighted by Gasteiger charge is -2.31. The van der Waals surface area contributed by atoms with Gasteiger partial charge in [-0.05, 0) is 23.2 Å². The number of amides is 3. The number of carbonyl (C=O) groups is 3. The Labute approximate surface area is 132 Å². The van der Waals surface area contributed by atoms with E-state index >= 15 is 0 Å². The van der Waals surface area contributed by atoms with Crippen LogP contribution in [-0.4, -0.2) is 36.9 Å². The van der Waals surface area contributed by atoms with E-state index in [-0.39, 0.29) is 29.1 Å². The fourth-order valence-corrected chi connectivity index (χ4v) is 2.70. The summed E-state index contributed by atoms with van der Waals surface area (Å²) in [6.07, 6.45) is 0.895. The van der Waals surface area contributed by atoms with Crippen molar-refractivity contribution in [3.63, 3.8) is 0 Å². The normalized spacial score (nSPS) is 22.2.